The summed E-state index contributed by atoms with van der Waals surface area (Å²) >= 11 is 1.45. The maximum Gasteiger partial charge on any atom is 0.274 e. The van der Waals surface area contributed by atoms with E-state index in [1.807, 2.05) is 0 Å². The number of rotatable bonds is 6. The van der Waals surface area contributed by atoms with E-state index in [-0.39, 0.29) is 23.9 Å². The van der Waals surface area contributed by atoms with Crippen LogP contribution in [0.25, 0.3) is 11.3 Å². The lowest BCUT2D eigenvalue weighted by Crippen LogP contribution is -2.25. The number of phenols is 1. The van der Waals surface area contributed by atoms with Crippen molar-refractivity contribution in [1.29, 1.82) is 0 Å². The number of benzene rings is 1. The lowest BCUT2D eigenvalue weighted by Gasteiger charge is -2.13. The van der Waals surface area contributed by atoms with Gasteiger partial charge in [-0.1, -0.05) is 12.1 Å². The number of thiophene rings is 1. The van der Waals surface area contributed by atoms with Crippen LogP contribution < -0.4 is 10.6 Å². The van der Waals surface area contributed by atoms with Crippen molar-refractivity contribution in [3.63, 3.8) is 0 Å². The number of nitrogens with one attached hydrogen (secondary N) is 3. The molecule has 8 nitrogen and oxygen atoms in total. The standard InChI is InChI=1S/C24H22N4O4S/c29-19-9-3-1-7-15(19)17-12-18(28-27-17)22(30)26-24-21(16-8-2-4-10-20(16)33-24)23(31)25-13-14-6-5-11-32-14/h1,3,5-7,9,11-12,29H,2,4,8,10,13H2,(H,25,31)(H,26,30)(H,27,28). The van der Waals surface area contributed by atoms with Crippen LogP contribution in [0.1, 0.15) is 49.9 Å². The summed E-state index contributed by atoms with van der Waals surface area (Å²) in [7, 11) is 0. The van der Waals surface area contributed by atoms with E-state index < -0.39 is 5.91 Å². The Bertz CT molecular complexity index is 1310. The van der Waals surface area contributed by atoms with Gasteiger partial charge in [0.25, 0.3) is 11.8 Å². The highest BCUT2D eigenvalue weighted by Crippen LogP contribution is 2.38. The first-order chi connectivity index (χ1) is 16.1. The van der Waals surface area contributed by atoms with Crippen LogP contribution in [0.5, 0.6) is 5.75 Å². The topological polar surface area (TPSA) is 120 Å². The minimum Gasteiger partial charge on any atom is -0.507 e. The number of hydrogen-bond donors (Lipinski definition) is 4. The van der Waals surface area contributed by atoms with Crippen LogP contribution in [0.4, 0.5) is 5.00 Å². The molecule has 168 valence electrons. The zero-order chi connectivity index (χ0) is 22.8. The normalized spacial score (nSPS) is 12.8. The van der Waals surface area contributed by atoms with Crippen molar-refractivity contribution >= 4 is 28.2 Å². The third-order valence-electron chi connectivity index (χ3n) is 5.63. The Balaban J connectivity index is 1.39. The number of aromatic amines is 1. The summed E-state index contributed by atoms with van der Waals surface area (Å²) in [6.45, 7) is 0.272. The number of aryl methyl sites for hydroxylation is 1. The first kappa shape index (κ1) is 21.0. The van der Waals surface area contributed by atoms with Gasteiger partial charge in [0.15, 0.2) is 0 Å². The van der Waals surface area contributed by atoms with Gasteiger partial charge in [0, 0.05) is 10.4 Å². The maximum atomic E-state index is 13.1. The second-order valence-electron chi connectivity index (χ2n) is 7.82. The number of H-pyrrole nitrogens is 1. The van der Waals surface area contributed by atoms with Gasteiger partial charge in [0.2, 0.25) is 0 Å². The zero-order valence-electron chi connectivity index (χ0n) is 17.7. The van der Waals surface area contributed by atoms with Gasteiger partial charge in [0.05, 0.1) is 24.1 Å². The van der Waals surface area contributed by atoms with E-state index in [4.69, 9.17) is 4.42 Å². The maximum absolute atomic E-state index is 13.1. The summed E-state index contributed by atoms with van der Waals surface area (Å²) in [6, 6.07) is 11.9. The average molecular weight is 463 g/mol. The molecule has 33 heavy (non-hydrogen) atoms. The number of hydrogen-bond acceptors (Lipinski definition) is 6. The molecule has 1 aromatic carbocycles. The van der Waals surface area contributed by atoms with Crippen LogP contribution in [0.3, 0.4) is 0 Å². The molecule has 5 rings (SSSR count). The van der Waals surface area contributed by atoms with Crippen molar-refractivity contribution in [1.82, 2.24) is 15.5 Å². The number of aromatic nitrogens is 2. The van der Waals surface area contributed by atoms with Gasteiger partial charge < -0.3 is 20.2 Å². The van der Waals surface area contributed by atoms with Crippen LogP contribution in [-0.4, -0.2) is 27.1 Å². The molecule has 0 bridgehead atoms. The van der Waals surface area contributed by atoms with E-state index in [2.05, 4.69) is 20.8 Å². The number of phenolic OH excluding ortho intramolecular Hbond substituents is 1. The first-order valence-electron chi connectivity index (χ1n) is 10.7. The molecule has 1 aliphatic carbocycles. The molecule has 0 fully saturated rings. The van der Waals surface area contributed by atoms with Crippen molar-refractivity contribution in [2.45, 2.75) is 32.2 Å². The fourth-order valence-corrected chi connectivity index (χ4v) is 5.28. The molecule has 4 aromatic rings. The number of fused-ring (bicyclic) bond motifs is 1. The minimum absolute atomic E-state index is 0.0809. The van der Waals surface area contributed by atoms with Crippen molar-refractivity contribution in [3.05, 3.63) is 76.2 Å². The molecule has 0 aliphatic heterocycles. The summed E-state index contributed by atoms with van der Waals surface area (Å²) in [5.74, 6) is 0.105. The molecule has 4 N–H and O–H groups in total. The predicted octanol–water partition coefficient (Wildman–Crippen LogP) is 4.50. The number of carbonyl (C=O) groups excluding carboxylic acids is 2. The molecule has 3 heterocycles. The lowest BCUT2D eigenvalue weighted by molar-refractivity contribution is 0.0948. The van der Waals surface area contributed by atoms with Gasteiger partial charge in [-0.15, -0.1) is 11.3 Å². The summed E-state index contributed by atoms with van der Waals surface area (Å²) in [4.78, 5) is 27.2. The van der Waals surface area contributed by atoms with Crippen LogP contribution in [0.15, 0.2) is 53.1 Å². The fourth-order valence-electron chi connectivity index (χ4n) is 4.00. The van der Waals surface area contributed by atoms with E-state index in [9.17, 15) is 14.7 Å². The summed E-state index contributed by atoms with van der Waals surface area (Å²) < 4.78 is 5.30. The number of nitrogens with zero attached hydrogens (tertiary/aromatic N) is 1. The smallest absolute Gasteiger partial charge is 0.274 e. The van der Waals surface area contributed by atoms with E-state index in [1.54, 1.807) is 48.7 Å². The second kappa shape index (κ2) is 8.95. The summed E-state index contributed by atoms with van der Waals surface area (Å²) in [5, 5.41) is 23.3. The molecular weight excluding hydrogens is 440 g/mol. The van der Waals surface area contributed by atoms with Crippen LogP contribution in [0, 0.1) is 0 Å². The SMILES string of the molecule is O=C(Nc1sc2c(c1C(=O)NCc1ccco1)CCCC2)c1cc(-c2ccccc2O)n[nH]1. The third kappa shape index (κ3) is 4.27. The minimum atomic E-state index is -0.400. The van der Waals surface area contributed by atoms with Gasteiger partial charge >= 0.3 is 0 Å². The Hall–Kier alpha value is -3.85. The highest BCUT2D eigenvalue weighted by molar-refractivity contribution is 7.17. The van der Waals surface area contributed by atoms with Crippen LogP contribution >= 0.6 is 11.3 Å². The fraction of sp³-hybridized carbons (Fsp3) is 0.208. The zero-order valence-corrected chi connectivity index (χ0v) is 18.5. The van der Waals surface area contributed by atoms with Crippen molar-refractivity contribution < 1.29 is 19.1 Å². The molecule has 2 amide bonds. The van der Waals surface area contributed by atoms with E-state index in [0.29, 0.717) is 27.6 Å². The first-order valence-corrected chi connectivity index (χ1v) is 11.5. The molecular formula is C24H22N4O4S. The Morgan fingerprint density at radius 3 is 2.79 bits per heavy atom. The average Bonchev–Trinajstić information content (AvgIpc) is 3.57. The van der Waals surface area contributed by atoms with Gasteiger partial charge in [-0.05, 0) is 61.6 Å². The molecule has 9 heteroatoms. The van der Waals surface area contributed by atoms with Crippen molar-refractivity contribution in [2.75, 3.05) is 5.32 Å². The number of amides is 2. The Morgan fingerprint density at radius 2 is 1.97 bits per heavy atom. The molecule has 0 atom stereocenters. The number of aromatic hydroxyl groups is 1. The van der Waals surface area contributed by atoms with Crippen LogP contribution in [-0.2, 0) is 19.4 Å². The molecule has 0 radical (unpaired) electrons. The third-order valence-corrected chi connectivity index (χ3v) is 6.84. The number of anilines is 1. The molecule has 0 saturated heterocycles. The second-order valence-corrected chi connectivity index (χ2v) is 8.92. The van der Waals surface area contributed by atoms with E-state index in [1.165, 1.54) is 11.3 Å². The lowest BCUT2D eigenvalue weighted by atomic mass is 9.95. The van der Waals surface area contributed by atoms with Crippen molar-refractivity contribution in [2.24, 2.45) is 0 Å². The Labute approximate surface area is 193 Å². The van der Waals surface area contributed by atoms with Crippen molar-refractivity contribution in [3.8, 4) is 17.0 Å². The Kier molecular flexibility index (Phi) is 5.70. The highest BCUT2D eigenvalue weighted by atomic mass is 32.1. The largest absolute Gasteiger partial charge is 0.507 e. The predicted molar refractivity (Wildman–Crippen MR) is 124 cm³/mol. The molecule has 0 unspecified atom stereocenters. The molecule has 3 aromatic heterocycles. The van der Waals surface area contributed by atoms with Gasteiger partial charge in [0.1, 0.15) is 22.2 Å². The quantitative estimate of drug-likeness (QED) is 0.336. The summed E-state index contributed by atoms with van der Waals surface area (Å²) in [6.07, 6.45) is 5.36. The number of carbonyl (C=O) groups is 2. The molecule has 0 spiro atoms. The number of para-hydroxylation sites is 1. The van der Waals surface area contributed by atoms with E-state index >= 15 is 0 Å². The number of furan rings is 1. The van der Waals surface area contributed by atoms with Gasteiger partial charge in [-0.2, -0.15) is 5.10 Å². The van der Waals surface area contributed by atoms with Gasteiger partial charge in [-0.25, -0.2) is 0 Å². The van der Waals surface area contributed by atoms with Gasteiger partial charge in [-0.3, -0.25) is 14.7 Å². The van der Waals surface area contributed by atoms with Crippen LogP contribution in [0.2, 0.25) is 0 Å². The molecule has 1 aliphatic rings. The monoisotopic (exact) mass is 462 g/mol. The Morgan fingerprint density at radius 1 is 1.12 bits per heavy atom. The molecule has 0 saturated carbocycles. The highest BCUT2D eigenvalue weighted by Gasteiger charge is 2.27. The summed E-state index contributed by atoms with van der Waals surface area (Å²) in [5.41, 5.74) is 2.76. The van der Waals surface area contributed by atoms with E-state index in [0.717, 1.165) is 36.1 Å².